The van der Waals surface area contributed by atoms with Crippen molar-refractivity contribution < 1.29 is 19.1 Å². The Hall–Kier alpha value is -2.91. The van der Waals surface area contributed by atoms with Gasteiger partial charge in [0.1, 0.15) is 12.1 Å². The number of likely N-dealkylation sites (tertiary alicyclic amines) is 3. The van der Waals surface area contributed by atoms with E-state index in [-0.39, 0.29) is 29.7 Å². The van der Waals surface area contributed by atoms with Crippen LogP contribution in [-0.4, -0.2) is 94.0 Å². The maximum absolute atomic E-state index is 14.3. The van der Waals surface area contributed by atoms with Gasteiger partial charge in [-0.2, -0.15) is 0 Å². The van der Waals surface area contributed by atoms with E-state index in [1.54, 1.807) is 26.0 Å². The van der Waals surface area contributed by atoms with E-state index in [1.165, 1.54) is 12.4 Å². The van der Waals surface area contributed by atoms with Crippen LogP contribution in [0.25, 0.3) is 0 Å². The number of aromatic nitrogens is 2. The average molecular weight is 552 g/mol. The number of nitrogens with zero attached hydrogens (tertiary/aromatic N) is 5. The Morgan fingerprint density at radius 1 is 1.02 bits per heavy atom. The van der Waals surface area contributed by atoms with Gasteiger partial charge in [0.15, 0.2) is 0 Å². The van der Waals surface area contributed by atoms with Crippen molar-refractivity contribution in [1.29, 1.82) is 0 Å². The van der Waals surface area contributed by atoms with E-state index in [4.69, 9.17) is 0 Å². The number of benzene rings is 1. The normalized spacial score (nSPS) is 22.9. The summed E-state index contributed by atoms with van der Waals surface area (Å²) in [6.07, 6.45) is 3.94. The summed E-state index contributed by atoms with van der Waals surface area (Å²) in [5, 5.41) is 9.69. The highest BCUT2D eigenvalue weighted by atomic mass is 19.1. The smallest absolute Gasteiger partial charge is 0.257 e. The SMILES string of the molecule is Cc1ncnc(C)c1C(=O)N1C[C@H]2CN(CCC3(c4cccc(F)c4)CCN(C(=O)C(C)(C)CO)CC3)C[C@H]2C1. The first-order valence-electron chi connectivity index (χ1n) is 14.5. The highest BCUT2D eigenvalue weighted by Crippen LogP contribution is 2.41. The van der Waals surface area contributed by atoms with Gasteiger partial charge in [-0.3, -0.25) is 9.59 Å². The number of carbonyl (C=O) groups is 2. The molecule has 3 fully saturated rings. The van der Waals surface area contributed by atoms with Crippen LogP contribution in [0.5, 0.6) is 0 Å². The predicted molar refractivity (Wildman–Crippen MR) is 150 cm³/mol. The molecule has 1 N–H and O–H groups in total. The van der Waals surface area contributed by atoms with Crippen molar-refractivity contribution in [2.24, 2.45) is 17.3 Å². The molecule has 0 spiro atoms. The van der Waals surface area contributed by atoms with Crippen LogP contribution in [0.3, 0.4) is 0 Å². The van der Waals surface area contributed by atoms with Crippen LogP contribution in [0.2, 0.25) is 0 Å². The number of piperidine rings is 1. The molecule has 2 amide bonds. The minimum absolute atomic E-state index is 0.0261. The molecule has 0 radical (unpaired) electrons. The van der Waals surface area contributed by atoms with Crippen molar-refractivity contribution in [1.82, 2.24) is 24.7 Å². The third-order valence-corrected chi connectivity index (χ3v) is 9.61. The molecule has 0 aliphatic carbocycles. The molecule has 2 atom stereocenters. The van der Waals surface area contributed by atoms with Crippen LogP contribution < -0.4 is 0 Å². The standard InChI is InChI=1S/C31H42FN5O3/c1-21-27(22(2)34-20-33-21)28(39)37-17-23-15-35(16-24(23)18-37)11-8-31(25-6-5-7-26(32)14-25)9-12-36(13-10-31)29(40)30(3,4)19-38/h5-7,14,20,23-24,38H,8-13,15-19H2,1-4H3/t23-,24+. The Labute approximate surface area is 236 Å². The first-order valence-corrected chi connectivity index (χ1v) is 14.5. The number of hydrogen-bond acceptors (Lipinski definition) is 6. The van der Waals surface area contributed by atoms with Crippen LogP contribution in [0, 0.1) is 36.9 Å². The summed E-state index contributed by atoms with van der Waals surface area (Å²) in [6.45, 7) is 12.6. The number of aryl methyl sites for hydroxylation is 2. The summed E-state index contributed by atoms with van der Waals surface area (Å²) in [5.41, 5.74) is 2.09. The Bertz CT molecular complexity index is 1230. The largest absolute Gasteiger partial charge is 0.395 e. The summed E-state index contributed by atoms with van der Waals surface area (Å²) in [5.74, 6) is 0.666. The molecule has 2 aromatic rings. The van der Waals surface area contributed by atoms with Crippen LogP contribution in [0.4, 0.5) is 4.39 Å². The van der Waals surface area contributed by atoms with Crippen molar-refractivity contribution in [3.05, 3.63) is 58.9 Å². The summed E-state index contributed by atoms with van der Waals surface area (Å²) >= 11 is 0. The number of amides is 2. The molecule has 0 saturated carbocycles. The zero-order chi connectivity index (χ0) is 28.7. The molecule has 0 bridgehead atoms. The van der Waals surface area contributed by atoms with Crippen LogP contribution in [0.1, 0.15) is 60.4 Å². The van der Waals surface area contributed by atoms with Gasteiger partial charge in [-0.15, -0.1) is 0 Å². The van der Waals surface area contributed by atoms with E-state index in [9.17, 15) is 19.1 Å². The Morgan fingerprint density at radius 3 is 2.23 bits per heavy atom. The lowest BCUT2D eigenvalue weighted by molar-refractivity contribution is -0.144. The minimum atomic E-state index is -0.799. The van der Waals surface area contributed by atoms with Gasteiger partial charge in [-0.05, 0) is 88.4 Å². The van der Waals surface area contributed by atoms with Gasteiger partial charge in [0, 0.05) is 39.3 Å². The molecule has 216 valence electrons. The lowest BCUT2D eigenvalue weighted by Gasteiger charge is -2.44. The number of carbonyl (C=O) groups excluding carboxylic acids is 2. The van der Waals surface area contributed by atoms with Crippen molar-refractivity contribution in [3.63, 3.8) is 0 Å². The highest BCUT2D eigenvalue weighted by molar-refractivity contribution is 5.96. The van der Waals surface area contributed by atoms with E-state index >= 15 is 0 Å². The van der Waals surface area contributed by atoms with Gasteiger partial charge < -0.3 is 19.8 Å². The molecule has 3 saturated heterocycles. The number of halogens is 1. The highest BCUT2D eigenvalue weighted by Gasteiger charge is 2.44. The van der Waals surface area contributed by atoms with Crippen LogP contribution >= 0.6 is 0 Å². The topological polar surface area (TPSA) is 89.9 Å². The number of aliphatic hydroxyl groups excluding tert-OH is 1. The molecular weight excluding hydrogens is 509 g/mol. The first-order chi connectivity index (χ1) is 19.0. The van der Waals surface area contributed by atoms with Crippen molar-refractivity contribution in [2.75, 3.05) is 52.4 Å². The zero-order valence-electron chi connectivity index (χ0n) is 24.2. The second-order valence-electron chi connectivity index (χ2n) is 12.8. The molecule has 5 rings (SSSR count). The molecule has 3 aliphatic rings. The minimum Gasteiger partial charge on any atom is -0.395 e. The molecule has 9 heteroatoms. The Balaban J connectivity index is 1.22. The summed E-state index contributed by atoms with van der Waals surface area (Å²) in [7, 11) is 0. The lowest BCUT2D eigenvalue weighted by Crippen LogP contribution is -2.50. The van der Waals surface area contributed by atoms with Gasteiger partial charge in [-0.1, -0.05) is 12.1 Å². The number of rotatable bonds is 7. The number of hydrogen-bond donors (Lipinski definition) is 1. The lowest BCUT2D eigenvalue weighted by atomic mass is 9.70. The van der Waals surface area contributed by atoms with Crippen molar-refractivity contribution in [3.8, 4) is 0 Å². The fraction of sp³-hybridized carbons (Fsp3) is 0.613. The van der Waals surface area contributed by atoms with Gasteiger partial charge in [-0.25, -0.2) is 14.4 Å². The second-order valence-corrected chi connectivity index (χ2v) is 12.8. The Morgan fingerprint density at radius 2 is 1.65 bits per heavy atom. The maximum atomic E-state index is 14.3. The summed E-state index contributed by atoms with van der Waals surface area (Å²) in [4.78, 5) is 41.1. The quantitative estimate of drug-likeness (QED) is 0.569. The van der Waals surface area contributed by atoms with E-state index in [1.807, 2.05) is 29.7 Å². The zero-order valence-corrected chi connectivity index (χ0v) is 24.2. The molecule has 1 aromatic carbocycles. The van der Waals surface area contributed by atoms with Crippen molar-refractivity contribution in [2.45, 2.75) is 52.4 Å². The second kappa shape index (κ2) is 11.2. The summed E-state index contributed by atoms with van der Waals surface area (Å²) in [6, 6.07) is 6.96. The first kappa shape index (κ1) is 28.6. The third-order valence-electron chi connectivity index (χ3n) is 9.61. The monoisotopic (exact) mass is 551 g/mol. The maximum Gasteiger partial charge on any atom is 0.257 e. The third kappa shape index (κ3) is 5.50. The molecule has 40 heavy (non-hydrogen) atoms. The fourth-order valence-electron chi connectivity index (χ4n) is 7.01. The molecule has 8 nitrogen and oxygen atoms in total. The predicted octanol–water partition coefficient (Wildman–Crippen LogP) is 3.21. The van der Waals surface area contributed by atoms with E-state index in [0.29, 0.717) is 30.5 Å². The van der Waals surface area contributed by atoms with Gasteiger partial charge >= 0.3 is 0 Å². The summed E-state index contributed by atoms with van der Waals surface area (Å²) < 4.78 is 14.3. The van der Waals surface area contributed by atoms with Crippen LogP contribution in [-0.2, 0) is 10.2 Å². The van der Waals surface area contributed by atoms with E-state index < -0.39 is 5.41 Å². The molecule has 4 heterocycles. The molecular formula is C31H42FN5O3. The fourth-order valence-corrected chi connectivity index (χ4v) is 7.01. The van der Waals surface area contributed by atoms with Gasteiger partial charge in [0.25, 0.3) is 5.91 Å². The van der Waals surface area contributed by atoms with Crippen LogP contribution in [0.15, 0.2) is 30.6 Å². The average Bonchev–Trinajstić information content (AvgIpc) is 3.51. The van der Waals surface area contributed by atoms with E-state index in [2.05, 4.69) is 14.9 Å². The number of fused-ring (bicyclic) bond motifs is 1. The van der Waals surface area contributed by atoms with E-state index in [0.717, 1.165) is 68.9 Å². The van der Waals surface area contributed by atoms with Gasteiger partial charge in [0.05, 0.1) is 29.0 Å². The van der Waals surface area contributed by atoms with Gasteiger partial charge in [0.2, 0.25) is 5.91 Å². The molecule has 3 aliphatic heterocycles. The Kier molecular flexibility index (Phi) is 7.99. The number of aliphatic hydroxyl groups is 1. The van der Waals surface area contributed by atoms with Crippen molar-refractivity contribution >= 4 is 11.8 Å². The molecule has 1 aromatic heterocycles. The molecule has 0 unspecified atom stereocenters.